The van der Waals surface area contributed by atoms with E-state index >= 15 is 0 Å². The number of rotatable bonds is 5. The lowest BCUT2D eigenvalue weighted by Gasteiger charge is -2.28. The molecule has 1 heterocycles. The van der Waals surface area contributed by atoms with E-state index < -0.39 is 21.5 Å². The van der Waals surface area contributed by atoms with Gasteiger partial charge in [0.1, 0.15) is 5.75 Å². The van der Waals surface area contributed by atoms with Crippen LogP contribution in [-0.2, 0) is 19.1 Å². The third-order valence-electron chi connectivity index (χ3n) is 4.48. The van der Waals surface area contributed by atoms with Crippen molar-refractivity contribution in [3.63, 3.8) is 0 Å². The van der Waals surface area contributed by atoms with E-state index in [1.54, 1.807) is 27.7 Å². The Morgan fingerprint density at radius 1 is 1.22 bits per heavy atom. The number of nitrogens with zero attached hydrogens (tertiary/aromatic N) is 1. The average molecular weight is 401 g/mol. The first-order chi connectivity index (χ1) is 12.3. The lowest BCUT2D eigenvalue weighted by molar-refractivity contribution is -0.125. The van der Waals surface area contributed by atoms with Crippen LogP contribution in [0.2, 0.25) is 0 Å². The number of fused-ring (bicyclic) bond motifs is 1. The molecule has 1 aliphatic rings. The second-order valence-electron chi connectivity index (χ2n) is 7.65. The zero-order valence-electron chi connectivity index (χ0n) is 16.7. The van der Waals surface area contributed by atoms with Crippen molar-refractivity contribution in [2.45, 2.75) is 33.6 Å². The molecule has 0 aromatic heterocycles. The molecule has 152 valence electrons. The Balaban J connectivity index is 2.70. The van der Waals surface area contributed by atoms with Gasteiger partial charge in [0, 0.05) is 29.0 Å². The van der Waals surface area contributed by atoms with Crippen LogP contribution in [-0.4, -0.2) is 53.1 Å². The first-order valence-corrected chi connectivity index (χ1v) is 10.3. The van der Waals surface area contributed by atoms with Gasteiger partial charge in [-0.25, -0.2) is 0 Å². The number of hydrogen-bond acceptors (Lipinski definition) is 7. The SMILES string of the molecule is COc1c(C)c(OC)c2c(c1O)C(COS(C)(=O)=O)CN2C(=O)C(C)(C)C. The fourth-order valence-corrected chi connectivity index (χ4v) is 3.71. The molecule has 1 amide bonds. The molecule has 9 heteroatoms. The van der Waals surface area contributed by atoms with Crippen LogP contribution in [0.15, 0.2) is 0 Å². The minimum absolute atomic E-state index is 0.142. The van der Waals surface area contributed by atoms with Gasteiger partial charge in [0.05, 0.1) is 32.8 Å². The van der Waals surface area contributed by atoms with Crippen LogP contribution in [0.25, 0.3) is 0 Å². The summed E-state index contributed by atoms with van der Waals surface area (Å²) in [6, 6.07) is 0. The van der Waals surface area contributed by atoms with Crippen LogP contribution in [0.1, 0.15) is 37.8 Å². The predicted octanol–water partition coefficient (Wildman–Crippen LogP) is 2.17. The van der Waals surface area contributed by atoms with Crippen LogP contribution in [0.3, 0.4) is 0 Å². The Bertz CT molecular complexity index is 856. The lowest BCUT2D eigenvalue weighted by atomic mass is 9.94. The zero-order chi connectivity index (χ0) is 20.7. The van der Waals surface area contributed by atoms with Crippen molar-refractivity contribution in [1.29, 1.82) is 0 Å². The molecule has 8 nitrogen and oxygen atoms in total. The number of phenols is 1. The number of phenolic OH excluding ortho intramolecular Hbond substituents is 1. The Morgan fingerprint density at radius 2 is 1.78 bits per heavy atom. The van der Waals surface area contributed by atoms with Crippen molar-refractivity contribution in [2.75, 3.05) is 38.5 Å². The van der Waals surface area contributed by atoms with Gasteiger partial charge in [0.15, 0.2) is 11.5 Å². The van der Waals surface area contributed by atoms with Crippen molar-refractivity contribution in [1.82, 2.24) is 0 Å². The normalized spacial score (nSPS) is 17.0. The standard InChI is InChI=1S/C18H27NO7S/c1-10-15(24-5)13-12(14(20)16(10)25-6)11(9-26-27(7,22)23)8-19(13)17(21)18(2,3)4/h11,20H,8-9H2,1-7H3. The number of benzene rings is 1. The topological polar surface area (TPSA) is 102 Å². The lowest BCUT2D eigenvalue weighted by Crippen LogP contribution is -2.39. The molecule has 0 aliphatic carbocycles. The Morgan fingerprint density at radius 3 is 2.22 bits per heavy atom. The van der Waals surface area contributed by atoms with Crippen LogP contribution in [0, 0.1) is 12.3 Å². The maximum Gasteiger partial charge on any atom is 0.264 e. The molecule has 1 aromatic carbocycles. The van der Waals surface area contributed by atoms with Crippen molar-refractivity contribution in [3.05, 3.63) is 11.1 Å². The number of ether oxygens (including phenoxy) is 2. The van der Waals surface area contributed by atoms with E-state index in [-0.39, 0.29) is 30.6 Å². The van der Waals surface area contributed by atoms with E-state index in [4.69, 9.17) is 13.7 Å². The number of aromatic hydroxyl groups is 1. The average Bonchev–Trinajstić information content (AvgIpc) is 2.91. The van der Waals surface area contributed by atoms with Gasteiger partial charge in [0.2, 0.25) is 5.91 Å². The third kappa shape index (κ3) is 3.98. The van der Waals surface area contributed by atoms with Gasteiger partial charge in [-0.2, -0.15) is 8.42 Å². The van der Waals surface area contributed by atoms with Crippen molar-refractivity contribution < 1.29 is 32.0 Å². The van der Waals surface area contributed by atoms with Gasteiger partial charge in [-0.1, -0.05) is 20.8 Å². The molecule has 0 saturated heterocycles. The van der Waals surface area contributed by atoms with Crippen LogP contribution < -0.4 is 14.4 Å². The summed E-state index contributed by atoms with van der Waals surface area (Å²) in [5, 5.41) is 10.8. The molecule has 0 radical (unpaired) electrons. The first-order valence-electron chi connectivity index (χ1n) is 8.47. The van der Waals surface area contributed by atoms with Gasteiger partial charge < -0.3 is 19.5 Å². The Labute approximate surface area is 160 Å². The maximum absolute atomic E-state index is 13.0. The number of hydrogen-bond donors (Lipinski definition) is 1. The molecule has 1 aliphatic heterocycles. The summed E-state index contributed by atoms with van der Waals surface area (Å²) in [5.41, 5.74) is 0.678. The van der Waals surface area contributed by atoms with Gasteiger partial charge in [0.25, 0.3) is 10.1 Å². The molecule has 1 aromatic rings. The minimum Gasteiger partial charge on any atom is -0.504 e. The highest BCUT2D eigenvalue weighted by molar-refractivity contribution is 7.85. The molecule has 0 bridgehead atoms. The smallest absolute Gasteiger partial charge is 0.264 e. The molecule has 0 fully saturated rings. The van der Waals surface area contributed by atoms with E-state index in [0.717, 1.165) is 6.26 Å². The fraction of sp³-hybridized carbons (Fsp3) is 0.611. The molecule has 27 heavy (non-hydrogen) atoms. The number of anilines is 1. The van der Waals surface area contributed by atoms with Crippen molar-refractivity contribution in [3.8, 4) is 17.2 Å². The summed E-state index contributed by atoms with van der Waals surface area (Å²) in [4.78, 5) is 14.5. The number of carbonyl (C=O) groups is 1. The summed E-state index contributed by atoms with van der Waals surface area (Å²) in [6.07, 6.45) is 0.955. The van der Waals surface area contributed by atoms with E-state index in [0.29, 0.717) is 22.6 Å². The molecular weight excluding hydrogens is 374 g/mol. The van der Waals surface area contributed by atoms with Gasteiger partial charge in [-0.15, -0.1) is 0 Å². The minimum atomic E-state index is -3.68. The maximum atomic E-state index is 13.0. The van der Waals surface area contributed by atoms with Gasteiger partial charge >= 0.3 is 0 Å². The number of amides is 1. The van der Waals surface area contributed by atoms with E-state index in [1.807, 2.05) is 0 Å². The summed E-state index contributed by atoms with van der Waals surface area (Å²) in [5.74, 6) is -0.242. The summed E-state index contributed by atoms with van der Waals surface area (Å²) in [7, 11) is -0.789. The molecular formula is C18H27NO7S. The van der Waals surface area contributed by atoms with E-state index in [9.17, 15) is 18.3 Å². The van der Waals surface area contributed by atoms with E-state index in [1.165, 1.54) is 19.1 Å². The predicted molar refractivity (Wildman–Crippen MR) is 101 cm³/mol. The highest BCUT2D eigenvalue weighted by Gasteiger charge is 2.43. The summed E-state index contributed by atoms with van der Waals surface area (Å²) >= 11 is 0. The quantitative estimate of drug-likeness (QED) is 0.754. The molecule has 1 unspecified atom stereocenters. The number of methoxy groups -OCH3 is 2. The first kappa shape index (κ1) is 21.3. The Kier molecular flexibility index (Phi) is 5.68. The molecule has 0 spiro atoms. The molecule has 0 saturated carbocycles. The highest BCUT2D eigenvalue weighted by atomic mass is 32.2. The second-order valence-corrected chi connectivity index (χ2v) is 9.30. The summed E-state index contributed by atoms with van der Waals surface area (Å²) in [6.45, 7) is 7.05. The monoisotopic (exact) mass is 401 g/mol. The summed E-state index contributed by atoms with van der Waals surface area (Å²) < 4.78 is 38.7. The fourth-order valence-electron chi connectivity index (χ4n) is 3.30. The van der Waals surface area contributed by atoms with Gasteiger partial charge in [-0.05, 0) is 6.92 Å². The van der Waals surface area contributed by atoms with Crippen LogP contribution >= 0.6 is 0 Å². The zero-order valence-corrected chi connectivity index (χ0v) is 17.6. The van der Waals surface area contributed by atoms with Crippen molar-refractivity contribution >= 4 is 21.7 Å². The Hall–Kier alpha value is -2.00. The third-order valence-corrected chi connectivity index (χ3v) is 5.05. The van der Waals surface area contributed by atoms with Crippen molar-refractivity contribution in [2.24, 2.45) is 5.41 Å². The van der Waals surface area contributed by atoms with Crippen LogP contribution in [0.4, 0.5) is 5.69 Å². The highest BCUT2D eigenvalue weighted by Crippen LogP contribution is 2.54. The molecule has 1 N–H and O–H groups in total. The largest absolute Gasteiger partial charge is 0.504 e. The molecule has 2 rings (SSSR count). The van der Waals surface area contributed by atoms with Crippen LogP contribution in [0.5, 0.6) is 17.2 Å². The van der Waals surface area contributed by atoms with Gasteiger partial charge in [-0.3, -0.25) is 8.98 Å². The number of carbonyl (C=O) groups excluding carboxylic acids is 1. The second kappa shape index (κ2) is 7.20. The van der Waals surface area contributed by atoms with E-state index in [2.05, 4.69) is 0 Å². The molecule has 1 atom stereocenters.